The lowest BCUT2D eigenvalue weighted by Crippen LogP contribution is -2.55. The van der Waals surface area contributed by atoms with E-state index in [0.29, 0.717) is 19.5 Å². The summed E-state index contributed by atoms with van der Waals surface area (Å²) >= 11 is 0. The van der Waals surface area contributed by atoms with Crippen molar-refractivity contribution in [2.24, 2.45) is 5.92 Å². The van der Waals surface area contributed by atoms with Gasteiger partial charge in [0.05, 0.1) is 18.1 Å². The smallest absolute Gasteiger partial charge is 0.229 e. The topological polar surface area (TPSA) is 60.9 Å². The van der Waals surface area contributed by atoms with Gasteiger partial charge in [0.25, 0.3) is 0 Å². The Kier molecular flexibility index (Phi) is 3.87. The molecule has 0 bridgehead atoms. The molecule has 2 fully saturated rings. The van der Waals surface area contributed by atoms with Crippen LogP contribution in [0.5, 0.6) is 0 Å². The third-order valence-electron chi connectivity index (χ3n) is 4.49. The van der Waals surface area contributed by atoms with E-state index in [2.05, 4.69) is 0 Å². The average molecular weight is 306 g/mol. The molecule has 1 aromatic rings. The third-order valence-corrected chi connectivity index (χ3v) is 4.49. The highest BCUT2D eigenvalue weighted by Crippen LogP contribution is 2.34. The summed E-state index contributed by atoms with van der Waals surface area (Å²) in [6.07, 6.45) is -0.108. The van der Waals surface area contributed by atoms with Gasteiger partial charge in [0, 0.05) is 26.6 Å². The molecule has 118 valence electrons. The Morgan fingerprint density at radius 1 is 1.18 bits per heavy atom. The lowest BCUT2D eigenvalue weighted by atomic mass is 9.96. The van der Waals surface area contributed by atoms with Gasteiger partial charge < -0.3 is 14.9 Å². The quantitative estimate of drug-likeness (QED) is 0.884. The number of halogens is 1. The normalized spacial score (nSPS) is 25.2. The minimum absolute atomic E-state index is 0.0272. The number of β-amino-alcohol motifs (C(OH)–C–C–N with tert-alkyl or cyclic N) is 1. The highest BCUT2D eigenvalue weighted by molar-refractivity contribution is 5.84. The summed E-state index contributed by atoms with van der Waals surface area (Å²) in [5, 5.41) is 9.92. The first-order valence-corrected chi connectivity index (χ1v) is 7.45. The molecule has 2 amide bonds. The number of aliphatic hydroxyl groups is 1. The number of nitrogens with zero attached hydrogens (tertiary/aromatic N) is 2. The van der Waals surface area contributed by atoms with E-state index < -0.39 is 6.10 Å². The fourth-order valence-corrected chi connectivity index (χ4v) is 3.18. The molecule has 0 aromatic heterocycles. The van der Waals surface area contributed by atoms with E-state index in [0.717, 1.165) is 5.56 Å². The molecule has 0 saturated carbocycles. The van der Waals surface area contributed by atoms with Crippen molar-refractivity contribution in [3.8, 4) is 0 Å². The Hall–Kier alpha value is -1.95. The van der Waals surface area contributed by atoms with Gasteiger partial charge in [-0.3, -0.25) is 9.59 Å². The zero-order valence-corrected chi connectivity index (χ0v) is 12.4. The Balaban J connectivity index is 1.72. The van der Waals surface area contributed by atoms with E-state index >= 15 is 0 Å². The second-order valence-corrected chi connectivity index (χ2v) is 6.07. The molecule has 0 radical (unpaired) electrons. The van der Waals surface area contributed by atoms with Crippen LogP contribution in [-0.4, -0.2) is 52.5 Å². The van der Waals surface area contributed by atoms with Crippen LogP contribution >= 0.6 is 0 Å². The molecule has 2 saturated heterocycles. The molecule has 2 aliphatic heterocycles. The van der Waals surface area contributed by atoms with E-state index in [4.69, 9.17) is 0 Å². The first-order valence-electron chi connectivity index (χ1n) is 7.45. The van der Waals surface area contributed by atoms with Gasteiger partial charge >= 0.3 is 0 Å². The van der Waals surface area contributed by atoms with Gasteiger partial charge in [-0.25, -0.2) is 4.39 Å². The average Bonchev–Trinajstić information content (AvgIpc) is 2.79. The summed E-state index contributed by atoms with van der Waals surface area (Å²) in [6, 6.07) is 5.81. The summed E-state index contributed by atoms with van der Waals surface area (Å²) in [4.78, 5) is 27.1. The number of benzene rings is 1. The van der Waals surface area contributed by atoms with Crippen molar-refractivity contribution in [1.29, 1.82) is 0 Å². The number of carbonyl (C=O) groups excluding carboxylic acids is 2. The first kappa shape index (κ1) is 15.0. The highest BCUT2D eigenvalue weighted by Gasteiger charge is 2.42. The maximum atomic E-state index is 13.0. The van der Waals surface area contributed by atoms with Crippen LogP contribution in [0.15, 0.2) is 24.3 Å². The summed E-state index contributed by atoms with van der Waals surface area (Å²) < 4.78 is 13.0. The number of rotatable bonds is 2. The predicted octanol–water partition coefficient (Wildman–Crippen LogP) is 0.938. The SMILES string of the molecule is CC(=O)N1CC(C(=O)N2CC(O)CC2c2ccc(F)cc2)C1. The van der Waals surface area contributed by atoms with E-state index in [1.807, 2.05) is 0 Å². The summed E-state index contributed by atoms with van der Waals surface area (Å²) in [5.41, 5.74) is 0.828. The lowest BCUT2D eigenvalue weighted by Gasteiger charge is -2.40. The predicted molar refractivity (Wildman–Crippen MR) is 77.2 cm³/mol. The maximum absolute atomic E-state index is 13.0. The van der Waals surface area contributed by atoms with E-state index in [9.17, 15) is 19.1 Å². The molecule has 22 heavy (non-hydrogen) atoms. The summed E-state index contributed by atoms with van der Waals surface area (Å²) in [6.45, 7) is 2.66. The molecule has 2 unspecified atom stereocenters. The van der Waals surface area contributed by atoms with Crippen molar-refractivity contribution >= 4 is 11.8 Å². The molecule has 3 rings (SSSR count). The molecule has 2 atom stereocenters. The van der Waals surface area contributed by atoms with Gasteiger partial charge in [-0.2, -0.15) is 0 Å². The standard InChI is InChI=1S/C16H19FN2O3/c1-10(20)18-7-12(8-18)16(22)19-9-14(21)6-15(19)11-2-4-13(17)5-3-11/h2-5,12,14-15,21H,6-9H2,1H3. The van der Waals surface area contributed by atoms with Crippen molar-refractivity contribution in [3.05, 3.63) is 35.6 Å². The molecule has 0 aliphatic carbocycles. The number of aliphatic hydroxyl groups excluding tert-OH is 1. The summed E-state index contributed by atoms with van der Waals surface area (Å²) in [5.74, 6) is -0.586. The van der Waals surface area contributed by atoms with E-state index in [1.54, 1.807) is 21.9 Å². The fourth-order valence-electron chi connectivity index (χ4n) is 3.18. The largest absolute Gasteiger partial charge is 0.391 e. The first-order chi connectivity index (χ1) is 10.5. The van der Waals surface area contributed by atoms with Gasteiger partial charge in [0.1, 0.15) is 5.82 Å². The van der Waals surface area contributed by atoms with Crippen LogP contribution in [0, 0.1) is 11.7 Å². The van der Waals surface area contributed by atoms with Crippen LogP contribution in [0.3, 0.4) is 0 Å². The molecule has 2 aliphatic rings. The van der Waals surface area contributed by atoms with Crippen LogP contribution < -0.4 is 0 Å². The van der Waals surface area contributed by atoms with E-state index in [1.165, 1.54) is 19.1 Å². The highest BCUT2D eigenvalue weighted by atomic mass is 19.1. The van der Waals surface area contributed by atoms with Gasteiger partial charge in [0.15, 0.2) is 0 Å². The monoisotopic (exact) mass is 306 g/mol. The molecular formula is C16H19FN2O3. The lowest BCUT2D eigenvalue weighted by molar-refractivity contribution is -0.148. The maximum Gasteiger partial charge on any atom is 0.229 e. The minimum Gasteiger partial charge on any atom is -0.391 e. The second-order valence-electron chi connectivity index (χ2n) is 6.07. The van der Waals surface area contributed by atoms with Crippen LogP contribution in [0.1, 0.15) is 24.9 Å². The molecule has 5 nitrogen and oxygen atoms in total. The number of likely N-dealkylation sites (tertiary alicyclic amines) is 2. The fraction of sp³-hybridized carbons (Fsp3) is 0.500. The van der Waals surface area contributed by atoms with Gasteiger partial charge in [-0.05, 0) is 24.1 Å². The van der Waals surface area contributed by atoms with Crippen molar-refractivity contribution in [1.82, 2.24) is 9.80 Å². The zero-order chi connectivity index (χ0) is 15.9. The Morgan fingerprint density at radius 3 is 2.41 bits per heavy atom. The van der Waals surface area contributed by atoms with Crippen LogP contribution in [-0.2, 0) is 9.59 Å². The number of hydrogen-bond acceptors (Lipinski definition) is 3. The van der Waals surface area contributed by atoms with Crippen molar-refractivity contribution in [2.75, 3.05) is 19.6 Å². The molecule has 2 heterocycles. The molecular weight excluding hydrogens is 287 g/mol. The Morgan fingerprint density at radius 2 is 1.82 bits per heavy atom. The van der Waals surface area contributed by atoms with Crippen molar-refractivity contribution in [2.45, 2.75) is 25.5 Å². The van der Waals surface area contributed by atoms with Crippen LogP contribution in [0.25, 0.3) is 0 Å². The second kappa shape index (κ2) is 5.68. The van der Waals surface area contributed by atoms with Crippen molar-refractivity contribution in [3.63, 3.8) is 0 Å². The third kappa shape index (κ3) is 2.70. The Labute approximate surface area is 128 Å². The number of amides is 2. The van der Waals surface area contributed by atoms with Crippen molar-refractivity contribution < 1.29 is 19.1 Å². The Bertz CT molecular complexity index is 584. The van der Waals surface area contributed by atoms with E-state index in [-0.39, 0.29) is 36.1 Å². The van der Waals surface area contributed by atoms with Gasteiger partial charge in [-0.15, -0.1) is 0 Å². The molecule has 1 N–H and O–H groups in total. The molecule has 1 aromatic carbocycles. The van der Waals surface area contributed by atoms with Gasteiger partial charge in [0.2, 0.25) is 11.8 Å². The minimum atomic E-state index is -0.567. The van der Waals surface area contributed by atoms with Crippen LogP contribution in [0.4, 0.5) is 4.39 Å². The van der Waals surface area contributed by atoms with Crippen LogP contribution in [0.2, 0.25) is 0 Å². The molecule has 0 spiro atoms. The summed E-state index contributed by atoms with van der Waals surface area (Å²) in [7, 11) is 0. The number of carbonyl (C=O) groups is 2. The molecule has 6 heteroatoms. The van der Waals surface area contributed by atoms with Gasteiger partial charge in [-0.1, -0.05) is 12.1 Å². The zero-order valence-electron chi connectivity index (χ0n) is 12.4. The number of hydrogen-bond donors (Lipinski definition) is 1.